The standard InChI is InChI=1S/C45H29NOS/c1-3-10-39-30(4-2)36-14-9-13-31(45(36)47-39)27-17-21-29(22-18-27)46-38-15-7-5-11-32(38)34-25-24-33-35(44(34)46)23-19-28-20-26-41-43(42(28)33)37-12-6-8-16-40(37)48-41/h3-26H,2H2,1H3/b10-3-. The highest BCUT2D eigenvalue weighted by atomic mass is 32.1. The summed E-state index contributed by atoms with van der Waals surface area (Å²) >= 11 is 1.88. The van der Waals surface area contributed by atoms with Gasteiger partial charge in [0.25, 0.3) is 0 Å². The predicted octanol–water partition coefficient (Wildman–Crippen LogP) is 13.5. The van der Waals surface area contributed by atoms with Crippen LogP contribution >= 0.6 is 11.3 Å². The lowest BCUT2D eigenvalue weighted by molar-refractivity contribution is 0.604. The minimum atomic E-state index is 0.837. The Labute approximate surface area is 281 Å². The number of thiophene rings is 1. The smallest absolute Gasteiger partial charge is 0.143 e. The SMILES string of the molecule is C=Cc1c(/C=C\C)oc2c(-c3ccc(-n4c5ccccc5c5ccc6c(ccc7ccc8sc9ccccc9c8c76)c54)cc3)cccc12. The van der Waals surface area contributed by atoms with Crippen molar-refractivity contribution >= 4 is 98.0 Å². The Morgan fingerprint density at radius 3 is 2.21 bits per heavy atom. The zero-order valence-electron chi connectivity index (χ0n) is 26.3. The summed E-state index contributed by atoms with van der Waals surface area (Å²) in [6, 6.07) is 46.7. The van der Waals surface area contributed by atoms with Crippen LogP contribution in [0, 0.1) is 0 Å². The van der Waals surface area contributed by atoms with Crippen molar-refractivity contribution in [2.24, 2.45) is 0 Å². The maximum atomic E-state index is 6.41. The van der Waals surface area contributed by atoms with Crippen molar-refractivity contribution in [3.8, 4) is 16.8 Å². The summed E-state index contributed by atoms with van der Waals surface area (Å²) < 4.78 is 11.5. The fourth-order valence-electron chi connectivity index (χ4n) is 7.83. The van der Waals surface area contributed by atoms with Gasteiger partial charge in [0.05, 0.1) is 11.0 Å². The first-order valence-electron chi connectivity index (χ1n) is 16.3. The molecule has 0 spiro atoms. The van der Waals surface area contributed by atoms with Crippen molar-refractivity contribution in [2.75, 3.05) is 0 Å². The average Bonchev–Trinajstić information content (AvgIpc) is 3.80. The van der Waals surface area contributed by atoms with E-state index in [1.165, 1.54) is 63.5 Å². The Bertz CT molecular complexity index is 2970. The summed E-state index contributed by atoms with van der Waals surface area (Å²) in [5, 5.41) is 11.4. The second-order valence-corrected chi connectivity index (χ2v) is 13.5. The molecule has 10 aromatic rings. The van der Waals surface area contributed by atoms with Crippen molar-refractivity contribution in [1.29, 1.82) is 0 Å². The molecule has 3 aromatic heterocycles. The molecule has 3 heterocycles. The lowest BCUT2D eigenvalue weighted by Crippen LogP contribution is -1.95. The molecule has 10 rings (SSSR count). The van der Waals surface area contributed by atoms with Crippen LogP contribution < -0.4 is 0 Å². The lowest BCUT2D eigenvalue weighted by Gasteiger charge is -2.13. The number of aromatic nitrogens is 1. The molecule has 0 saturated carbocycles. The van der Waals surface area contributed by atoms with E-state index in [0.29, 0.717) is 0 Å². The van der Waals surface area contributed by atoms with Crippen molar-refractivity contribution in [1.82, 2.24) is 4.57 Å². The van der Waals surface area contributed by atoms with Gasteiger partial charge in [-0.25, -0.2) is 0 Å². The van der Waals surface area contributed by atoms with Gasteiger partial charge in [0.2, 0.25) is 0 Å². The van der Waals surface area contributed by atoms with Crippen molar-refractivity contribution in [2.45, 2.75) is 6.92 Å². The average molecular weight is 632 g/mol. The third-order valence-electron chi connectivity index (χ3n) is 9.89. The van der Waals surface area contributed by atoms with Gasteiger partial charge < -0.3 is 8.98 Å². The second-order valence-electron chi connectivity index (χ2n) is 12.4. The van der Waals surface area contributed by atoms with E-state index < -0.39 is 0 Å². The Morgan fingerprint density at radius 1 is 0.625 bits per heavy atom. The van der Waals surface area contributed by atoms with Crippen molar-refractivity contribution in [3.05, 3.63) is 151 Å². The third-order valence-corrected chi connectivity index (χ3v) is 11.0. The largest absolute Gasteiger partial charge is 0.455 e. The maximum Gasteiger partial charge on any atom is 0.143 e. The van der Waals surface area contributed by atoms with E-state index in [1.54, 1.807) is 0 Å². The van der Waals surface area contributed by atoms with Crippen molar-refractivity contribution in [3.63, 3.8) is 0 Å². The zero-order chi connectivity index (χ0) is 31.9. The Balaban J connectivity index is 1.23. The maximum absolute atomic E-state index is 6.41. The molecule has 0 fully saturated rings. The topological polar surface area (TPSA) is 18.1 Å². The monoisotopic (exact) mass is 631 g/mol. The van der Waals surface area contributed by atoms with Gasteiger partial charge in [0.15, 0.2) is 0 Å². The molecular formula is C45H29NOS. The van der Waals surface area contributed by atoms with Crippen LogP contribution in [0.1, 0.15) is 18.2 Å². The number of allylic oxidation sites excluding steroid dienone is 1. The summed E-state index contributed by atoms with van der Waals surface area (Å²) in [5.41, 5.74) is 7.67. The van der Waals surface area contributed by atoms with Gasteiger partial charge in [0, 0.05) is 58.5 Å². The first-order chi connectivity index (χ1) is 23.7. The van der Waals surface area contributed by atoms with E-state index in [9.17, 15) is 0 Å². The molecule has 0 aliphatic carbocycles. The number of hydrogen-bond donors (Lipinski definition) is 0. The number of hydrogen-bond acceptors (Lipinski definition) is 2. The Kier molecular flexibility index (Phi) is 5.84. The molecular weight excluding hydrogens is 603 g/mol. The van der Waals surface area contributed by atoms with Gasteiger partial charge in [-0.2, -0.15) is 0 Å². The molecule has 0 unspecified atom stereocenters. The van der Waals surface area contributed by atoms with Crippen LogP contribution in [-0.2, 0) is 0 Å². The molecule has 0 amide bonds. The van der Waals surface area contributed by atoms with Gasteiger partial charge in [0.1, 0.15) is 11.3 Å². The summed E-state index contributed by atoms with van der Waals surface area (Å²) in [5.74, 6) is 0.837. The number of nitrogens with zero attached hydrogens (tertiary/aromatic N) is 1. The molecule has 0 atom stereocenters. The van der Waals surface area contributed by atoms with Crippen LogP contribution in [-0.4, -0.2) is 4.57 Å². The molecule has 0 saturated heterocycles. The molecule has 0 bridgehead atoms. The van der Waals surface area contributed by atoms with Crippen LogP contribution in [0.4, 0.5) is 0 Å². The summed E-state index contributed by atoms with van der Waals surface area (Å²) in [7, 11) is 0. The Hall–Kier alpha value is -5.90. The zero-order valence-corrected chi connectivity index (χ0v) is 27.1. The quantitative estimate of drug-likeness (QED) is 0.177. The highest BCUT2D eigenvalue weighted by molar-refractivity contribution is 7.26. The molecule has 0 aliphatic heterocycles. The number of rotatable bonds is 4. The normalized spacial score (nSPS) is 12.3. The van der Waals surface area contributed by atoms with E-state index in [0.717, 1.165) is 39.1 Å². The summed E-state index contributed by atoms with van der Waals surface area (Å²) in [6.07, 6.45) is 5.89. The van der Waals surface area contributed by atoms with Crippen LogP contribution in [0.2, 0.25) is 0 Å². The van der Waals surface area contributed by atoms with E-state index in [1.807, 2.05) is 36.5 Å². The molecule has 0 radical (unpaired) electrons. The number of benzene rings is 7. The van der Waals surface area contributed by atoms with Gasteiger partial charge >= 0.3 is 0 Å². The van der Waals surface area contributed by atoms with E-state index in [4.69, 9.17) is 4.42 Å². The summed E-state index contributed by atoms with van der Waals surface area (Å²) in [4.78, 5) is 0. The van der Waals surface area contributed by atoms with Crippen LogP contribution in [0.5, 0.6) is 0 Å². The van der Waals surface area contributed by atoms with Gasteiger partial charge in [-0.05, 0) is 65.1 Å². The van der Waals surface area contributed by atoms with Crippen molar-refractivity contribution < 1.29 is 4.42 Å². The Morgan fingerprint density at radius 2 is 1.35 bits per heavy atom. The fourth-order valence-corrected chi connectivity index (χ4v) is 8.95. The lowest BCUT2D eigenvalue weighted by atomic mass is 9.96. The predicted molar refractivity (Wildman–Crippen MR) is 209 cm³/mol. The molecule has 3 heteroatoms. The second kappa shape index (κ2) is 10.3. The highest BCUT2D eigenvalue weighted by Gasteiger charge is 2.19. The molecule has 2 nitrogen and oxygen atoms in total. The number of fused-ring (bicyclic) bond motifs is 12. The van der Waals surface area contributed by atoms with Crippen LogP contribution in [0.15, 0.2) is 144 Å². The molecule has 0 aliphatic rings. The van der Waals surface area contributed by atoms with Gasteiger partial charge in [-0.15, -0.1) is 11.3 Å². The van der Waals surface area contributed by atoms with Crippen LogP contribution in [0.25, 0.3) is 103 Å². The van der Waals surface area contributed by atoms with Gasteiger partial charge in [-0.3, -0.25) is 0 Å². The van der Waals surface area contributed by atoms with E-state index in [2.05, 4.69) is 139 Å². The van der Waals surface area contributed by atoms with E-state index >= 15 is 0 Å². The fraction of sp³-hybridized carbons (Fsp3) is 0.0222. The molecule has 7 aromatic carbocycles. The minimum Gasteiger partial charge on any atom is -0.455 e. The summed E-state index contributed by atoms with van der Waals surface area (Å²) in [6.45, 7) is 6.06. The first kappa shape index (κ1) is 27.2. The third kappa shape index (κ3) is 3.74. The van der Waals surface area contributed by atoms with Gasteiger partial charge in [-0.1, -0.05) is 116 Å². The van der Waals surface area contributed by atoms with Crippen LogP contribution in [0.3, 0.4) is 0 Å². The molecule has 0 N–H and O–H groups in total. The number of furan rings is 1. The number of para-hydroxylation sites is 2. The van der Waals surface area contributed by atoms with E-state index in [-0.39, 0.29) is 0 Å². The first-order valence-corrected chi connectivity index (χ1v) is 17.2. The molecule has 48 heavy (non-hydrogen) atoms. The molecule has 226 valence electrons. The minimum absolute atomic E-state index is 0.837. The highest BCUT2D eigenvalue weighted by Crippen LogP contribution is 2.44.